The average Bonchev–Trinajstić information content (AvgIpc) is 2.67. The van der Waals surface area contributed by atoms with Crippen molar-refractivity contribution in [2.45, 2.75) is 5.25 Å². The van der Waals surface area contributed by atoms with E-state index in [4.69, 9.17) is 4.74 Å². The maximum atomic E-state index is 5.28. The molecular formula is C8H13IN2OS2. The summed E-state index contributed by atoms with van der Waals surface area (Å²) in [6.07, 6.45) is 0. The Balaban J connectivity index is 1.84. The van der Waals surface area contributed by atoms with Crippen LogP contribution in [0.2, 0.25) is 0 Å². The number of nitrogens with zero attached hydrogens (tertiary/aromatic N) is 2. The molecule has 0 aromatic carbocycles. The van der Waals surface area contributed by atoms with Crippen LogP contribution in [0.15, 0.2) is 5.10 Å². The molecule has 2 heterocycles. The summed E-state index contributed by atoms with van der Waals surface area (Å²) in [7, 11) is 0. The first-order chi connectivity index (χ1) is 6.88. The number of rotatable bonds is 2. The van der Waals surface area contributed by atoms with E-state index in [1.165, 1.54) is 14.6 Å². The minimum absolute atomic E-state index is 0.764. The van der Waals surface area contributed by atoms with E-state index in [2.05, 4.69) is 32.7 Å². The molecule has 2 aliphatic rings. The zero-order chi connectivity index (χ0) is 9.80. The first-order valence-corrected chi connectivity index (χ1v) is 8.04. The van der Waals surface area contributed by atoms with Crippen LogP contribution in [0.4, 0.5) is 0 Å². The molecular weight excluding hydrogens is 331 g/mol. The molecule has 0 radical (unpaired) electrons. The summed E-state index contributed by atoms with van der Waals surface area (Å²) in [5.41, 5.74) is 0. The van der Waals surface area contributed by atoms with E-state index in [-0.39, 0.29) is 0 Å². The standard InChI is InChI=1S/C8H13IN2OS2/c9-5-7-6-13-8(14-7)10-11-1-3-12-4-2-11/h7H,1-6H2/b10-8-. The molecule has 1 atom stereocenters. The second kappa shape index (κ2) is 5.81. The topological polar surface area (TPSA) is 24.8 Å². The van der Waals surface area contributed by atoms with Crippen LogP contribution >= 0.6 is 46.1 Å². The van der Waals surface area contributed by atoms with Crippen LogP contribution in [0.25, 0.3) is 0 Å². The highest BCUT2D eigenvalue weighted by atomic mass is 127. The van der Waals surface area contributed by atoms with Crippen LogP contribution in [0.3, 0.4) is 0 Å². The smallest absolute Gasteiger partial charge is 0.150 e. The molecule has 3 nitrogen and oxygen atoms in total. The van der Waals surface area contributed by atoms with Crippen LogP contribution in [-0.4, -0.2) is 51.1 Å². The quantitative estimate of drug-likeness (QED) is 0.564. The van der Waals surface area contributed by atoms with Crippen molar-refractivity contribution in [2.75, 3.05) is 36.5 Å². The molecule has 0 spiro atoms. The first kappa shape index (κ1) is 11.3. The zero-order valence-corrected chi connectivity index (χ0v) is 11.6. The Bertz CT molecular complexity index is 221. The molecule has 0 aromatic heterocycles. The molecule has 0 aliphatic carbocycles. The van der Waals surface area contributed by atoms with Gasteiger partial charge < -0.3 is 4.74 Å². The second-order valence-electron chi connectivity index (χ2n) is 3.14. The van der Waals surface area contributed by atoms with Crippen molar-refractivity contribution in [1.82, 2.24) is 5.01 Å². The number of ether oxygens (including phenoxy) is 1. The fraction of sp³-hybridized carbons (Fsp3) is 0.875. The third kappa shape index (κ3) is 3.18. The average molecular weight is 344 g/mol. The SMILES string of the molecule is ICC1CS/C(=N/N2CCOCC2)S1. The van der Waals surface area contributed by atoms with Gasteiger partial charge in [0.05, 0.1) is 26.3 Å². The lowest BCUT2D eigenvalue weighted by atomic mass is 10.5. The van der Waals surface area contributed by atoms with Crippen LogP contribution in [0.5, 0.6) is 0 Å². The molecule has 0 aromatic rings. The van der Waals surface area contributed by atoms with Gasteiger partial charge in [0.2, 0.25) is 0 Å². The van der Waals surface area contributed by atoms with E-state index in [0.717, 1.165) is 31.6 Å². The first-order valence-electron chi connectivity index (χ1n) is 4.65. The van der Waals surface area contributed by atoms with Crippen molar-refractivity contribution in [3.8, 4) is 0 Å². The molecule has 2 aliphatic heterocycles. The number of thioether (sulfide) groups is 2. The fourth-order valence-corrected chi connectivity index (χ4v) is 5.04. The van der Waals surface area contributed by atoms with Gasteiger partial charge in [0, 0.05) is 15.4 Å². The van der Waals surface area contributed by atoms with Gasteiger partial charge >= 0.3 is 0 Å². The molecule has 2 rings (SSSR count). The van der Waals surface area contributed by atoms with E-state index in [0.29, 0.717) is 0 Å². The van der Waals surface area contributed by atoms with Crippen LogP contribution in [-0.2, 0) is 4.74 Å². The van der Waals surface area contributed by atoms with E-state index in [9.17, 15) is 0 Å². The number of hydrazone groups is 1. The maximum absolute atomic E-state index is 5.28. The molecule has 80 valence electrons. The van der Waals surface area contributed by atoms with Crippen LogP contribution in [0, 0.1) is 0 Å². The molecule has 0 bridgehead atoms. The van der Waals surface area contributed by atoms with Gasteiger partial charge in [-0.15, -0.1) is 0 Å². The third-order valence-electron chi connectivity index (χ3n) is 2.04. The largest absolute Gasteiger partial charge is 0.378 e. The number of halogens is 1. The van der Waals surface area contributed by atoms with E-state index >= 15 is 0 Å². The molecule has 0 saturated carbocycles. The van der Waals surface area contributed by atoms with Gasteiger partial charge in [-0.1, -0.05) is 46.1 Å². The summed E-state index contributed by atoms with van der Waals surface area (Å²) in [5, 5.41) is 7.52. The molecule has 6 heteroatoms. The molecule has 1 unspecified atom stereocenters. The normalized spacial score (nSPS) is 31.4. The van der Waals surface area contributed by atoms with Gasteiger partial charge in [-0.3, -0.25) is 5.01 Å². The van der Waals surface area contributed by atoms with Gasteiger partial charge in [-0.2, -0.15) is 5.10 Å². The second-order valence-corrected chi connectivity index (χ2v) is 6.57. The predicted molar refractivity (Wildman–Crippen MR) is 72.6 cm³/mol. The number of hydrogen-bond acceptors (Lipinski definition) is 5. The monoisotopic (exact) mass is 344 g/mol. The predicted octanol–water partition coefficient (Wildman–Crippen LogP) is 1.87. The number of hydrogen-bond donors (Lipinski definition) is 0. The van der Waals surface area contributed by atoms with Crippen LogP contribution in [0.1, 0.15) is 0 Å². The Morgan fingerprint density at radius 2 is 2.29 bits per heavy atom. The Hall–Kier alpha value is 0.860. The van der Waals surface area contributed by atoms with Crippen molar-refractivity contribution in [3.63, 3.8) is 0 Å². The Labute approximate surface area is 107 Å². The van der Waals surface area contributed by atoms with Crippen molar-refractivity contribution in [1.29, 1.82) is 0 Å². The fourth-order valence-electron chi connectivity index (χ4n) is 1.27. The highest BCUT2D eigenvalue weighted by molar-refractivity contribution is 14.1. The Morgan fingerprint density at radius 1 is 1.50 bits per heavy atom. The maximum Gasteiger partial charge on any atom is 0.150 e. The van der Waals surface area contributed by atoms with Gasteiger partial charge in [-0.25, -0.2) is 0 Å². The van der Waals surface area contributed by atoms with E-state index in [1.807, 2.05) is 23.5 Å². The highest BCUT2D eigenvalue weighted by Gasteiger charge is 2.22. The van der Waals surface area contributed by atoms with E-state index in [1.54, 1.807) is 0 Å². The lowest BCUT2D eigenvalue weighted by Gasteiger charge is -2.24. The third-order valence-corrected chi connectivity index (χ3v) is 6.40. The summed E-state index contributed by atoms with van der Waals surface area (Å²) < 4.78 is 7.74. The molecule has 2 fully saturated rings. The number of morpholine rings is 1. The van der Waals surface area contributed by atoms with E-state index < -0.39 is 0 Å². The van der Waals surface area contributed by atoms with Gasteiger partial charge in [0.15, 0.2) is 0 Å². The van der Waals surface area contributed by atoms with Crippen molar-refractivity contribution >= 4 is 50.5 Å². The summed E-state index contributed by atoms with van der Waals surface area (Å²) in [4.78, 5) is 0. The molecule has 2 saturated heterocycles. The Kier molecular flexibility index (Phi) is 4.71. The van der Waals surface area contributed by atoms with Gasteiger partial charge in [0.25, 0.3) is 0 Å². The van der Waals surface area contributed by atoms with Gasteiger partial charge in [-0.05, 0) is 0 Å². The van der Waals surface area contributed by atoms with Crippen molar-refractivity contribution < 1.29 is 4.74 Å². The Morgan fingerprint density at radius 3 is 2.93 bits per heavy atom. The summed E-state index contributed by atoms with van der Waals surface area (Å²) in [6, 6.07) is 0. The summed E-state index contributed by atoms with van der Waals surface area (Å²) in [6.45, 7) is 3.53. The van der Waals surface area contributed by atoms with Crippen molar-refractivity contribution in [3.05, 3.63) is 0 Å². The molecule has 0 N–H and O–H groups in total. The van der Waals surface area contributed by atoms with Gasteiger partial charge in [0.1, 0.15) is 4.38 Å². The minimum atomic E-state index is 0.764. The van der Waals surface area contributed by atoms with Crippen LogP contribution < -0.4 is 0 Å². The highest BCUT2D eigenvalue weighted by Crippen LogP contribution is 2.34. The molecule has 14 heavy (non-hydrogen) atoms. The lowest BCUT2D eigenvalue weighted by molar-refractivity contribution is 0.0397. The minimum Gasteiger partial charge on any atom is -0.378 e. The number of alkyl halides is 1. The molecule has 0 amide bonds. The summed E-state index contributed by atoms with van der Waals surface area (Å²) in [5.74, 6) is 1.22. The summed E-state index contributed by atoms with van der Waals surface area (Å²) >= 11 is 6.27. The lowest BCUT2D eigenvalue weighted by Crippen LogP contribution is -2.32. The van der Waals surface area contributed by atoms with Crippen molar-refractivity contribution in [2.24, 2.45) is 5.10 Å². The zero-order valence-electron chi connectivity index (χ0n) is 7.82.